The number of nitrogens with one attached hydrogen (secondary N) is 10. The molecule has 78 heavy (non-hydrogen) atoms. The third kappa shape index (κ3) is 20.6. The Labute approximate surface area is 447 Å². The fraction of sp³-hybridized carbons (Fsp3) is 0.733. The number of carboxylic acid groups (broad SMARTS) is 1. The zero-order valence-corrected chi connectivity index (χ0v) is 43.9. The summed E-state index contributed by atoms with van der Waals surface area (Å²) in [5.74, 6) is -9.81. The summed E-state index contributed by atoms with van der Waals surface area (Å²) in [6.45, 7) is 5.37. The highest BCUT2D eigenvalue weighted by Gasteiger charge is 2.56. The van der Waals surface area contributed by atoms with Crippen LogP contribution in [0.15, 0.2) is 0 Å². The second kappa shape index (κ2) is 31.6. The molecule has 11 amide bonds. The van der Waals surface area contributed by atoms with Crippen LogP contribution in [0.4, 0.5) is 0 Å². The van der Waals surface area contributed by atoms with Gasteiger partial charge in [0.2, 0.25) is 65.0 Å². The Morgan fingerprint density at radius 1 is 0.641 bits per heavy atom. The average molecular weight is 1120 g/mol. The molecule has 3 saturated heterocycles. The minimum atomic E-state index is -1.70. The SMILES string of the molecule is CC(=O)NC1C(OC2C3COC(O3)C(NC(C)=O)C2OC(C)C(=O)NC(C)C(=O)NC(CCC(=O)NC(CCCCNC(=O)CNC(=O)CNC(=O)CN)C(=O)NC(C)C(=O)NC(C)C(=O)O)C(N)=O)OC(CO)C(O)C1O. The molecule has 0 radical (unpaired) electrons. The Kier molecular flexibility index (Phi) is 26.6. The first kappa shape index (κ1) is 65.6. The lowest BCUT2D eigenvalue weighted by Gasteiger charge is -2.47. The van der Waals surface area contributed by atoms with E-state index in [-0.39, 0.29) is 39.0 Å². The van der Waals surface area contributed by atoms with E-state index >= 15 is 0 Å². The lowest BCUT2D eigenvalue weighted by Crippen LogP contribution is -2.68. The maximum absolute atomic E-state index is 13.6. The number of hydrogen-bond donors (Lipinski definition) is 16. The number of carbonyl (C=O) groups is 12. The summed E-state index contributed by atoms with van der Waals surface area (Å²) in [7, 11) is 0. The van der Waals surface area contributed by atoms with Crippen LogP contribution in [0.25, 0.3) is 0 Å². The van der Waals surface area contributed by atoms with Crippen molar-refractivity contribution in [3.63, 3.8) is 0 Å². The van der Waals surface area contributed by atoms with E-state index in [4.69, 9.17) is 40.3 Å². The molecule has 0 aromatic rings. The number of aliphatic carboxylic acids is 1. The molecule has 16 atom stereocenters. The second-order valence-electron chi connectivity index (χ2n) is 18.6. The second-order valence-corrected chi connectivity index (χ2v) is 18.6. The Bertz CT molecular complexity index is 2160. The zero-order valence-electron chi connectivity index (χ0n) is 43.9. The lowest BCUT2D eigenvalue weighted by molar-refractivity contribution is -0.313. The van der Waals surface area contributed by atoms with E-state index in [0.29, 0.717) is 0 Å². The average Bonchev–Trinajstić information content (AvgIpc) is 3.82. The van der Waals surface area contributed by atoms with Crippen molar-refractivity contribution in [3.05, 3.63) is 0 Å². The molecule has 33 nitrogen and oxygen atoms in total. The molecule has 0 saturated carbocycles. The smallest absolute Gasteiger partial charge is 0.325 e. The summed E-state index contributed by atoms with van der Waals surface area (Å²) in [4.78, 5) is 150. The molecule has 3 rings (SSSR count). The van der Waals surface area contributed by atoms with Crippen LogP contribution in [0.2, 0.25) is 0 Å². The van der Waals surface area contributed by atoms with E-state index in [1.165, 1.54) is 34.6 Å². The molecule has 440 valence electrons. The highest BCUT2D eigenvalue weighted by atomic mass is 16.8. The van der Waals surface area contributed by atoms with Crippen molar-refractivity contribution in [1.82, 2.24) is 53.2 Å². The molecule has 3 fully saturated rings. The Morgan fingerprint density at radius 3 is 1.81 bits per heavy atom. The predicted octanol–water partition coefficient (Wildman–Crippen LogP) is -9.34. The molecule has 16 unspecified atom stereocenters. The molecule has 3 aliphatic rings. The zero-order chi connectivity index (χ0) is 58.6. The number of carboxylic acids is 1. The van der Waals surface area contributed by atoms with Crippen LogP contribution in [0.1, 0.15) is 73.6 Å². The summed E-state index contributed by atoms with van der Waals surface area (Å²) < 4.78 is 29.8. The number of primary amides is 1. The van der Waals surface area contributed by atoms with Gasteiger partial charge in [-0.3, -0.25) is 57.5 Å². The van der Waals surface area contributed by atoms with Crippen LogP contribution in [-0.2, 0) is 81.2 Å². The number of rotatable bonds is 31. The van der Waals surface area contributed by atoms with E-state index in [1.807, 2.05) is 0 Å². The topological polar surface area (TPSA) is 504 Å². The van der Waals surface area contributed by atoms with Gasteiger partial charge in [-0.15, -0.1) is 0 Å². The van der Waals surface area contributed by atoms with Crippen LogP contribution in [0.3, 0.4) is 0 Å². The van der Waals surface area contributed by atoms with E-state index in [0.717, 1.165) is 6.92 Å². The standard InChI is InChI=1S/C45H74N12O21/c1-18(39(68)53-20(3)43(72)73)52-42(71)25(9-7-8-12-48-30(63)14-50-31(64)15-49-29(62)13-46)56-28(61)11-10-24(38(47)67)57-40(69)19(2)51-41(70)21(4)75-37-33(55-23(6)60)44-74-17-27(77-44)36(37)78-45-32(54-22(5)59)35(66)34(65)26(16-58)76-45/h18-21,24-27,32-37,44-45,58,65-66H,7-17,46H2,1-6H3,(H2,47,67)(H,48,63)(H,49,62)(H,50,64)(H,51,70)(H,52,71)(H,53,68)(H,54,59)(H,55,60)(H,56,61)(H,57,69)(H,72,73). The Hall–Kier alpha value is -6.72. The van der Waals surface area contributed by atoms with Gasteiger partial charge in [-0.2, -0.15) is 0 Å². The highest BCUT2D eigenvalue weighted by Crippen LogP contribution is 2.35. The van der Waals surface area contributed by atoms with Gasteiger partial charge < -0.3 is 109 Å². The van der Waals surface area contributed by atoms with E-state index in [1.54, 1.807) is 0 Å². The fourth-order valence-electron chi connectivity index (χ4n) is 7.95. The number of aliphatic hydroxyl groups is 3. The molecule has 0 aliphatic carbocycles. The monoisotopic (exact) mass is 1120 g/mol. The minimum Gasteiger partial charge on any atom is -0.480 e. The molecule has 3 heterocycles. The van der Waals surface area contributed by atoms with Crippen LogP contribution in [0, 0.1) is 0 Å². The fourth-order valence-corrected chi connectivity index (χ4v) is 7.95. The predicted molar refractivity (Wildman–Crippen MR) is 261 cm³/mol. The van der Waals surface area contributed by atoms with Gasteiger partial charge in [-0.1, -0.05) is 0 Å². The number of carbonyl (C=O) groups excluding carboxylic acids is 11. The van der Waals surface area contributed by atoms with Crippen LogP contribution < -0.4 is 64.6 Å². The molecule has 0 aromatic heterocycles. The number of nitrogens with two attached hydrogens (primary N) is 2. The largest absolute Gasteiger partial charge is 0.480 e. The summed E-state index contributed by atoms with van der Waals surface area (Å²) >= 11 is 0. The molecular weight excluding hydrogens is 1040 g/mol. The maximum atomic E-state index is 13.6. The number of unbranched alkanes of at least 4 members (excludes halogenated alkanes) is 1. The van der Waals surface area contributed by atoms with Gasteiger partial charge in [0.25, 0.3) is 0 Å². The van der Waals surface area contributed by atoms with E-state index < -0.39 is 201 Å². The molecule has 33 heteroatoms. The molecule has 3 aliphatic heterocycles. The van der Waals surface area contributed by atoms with E-state index in [9.17, 15) is 72.9 Å². The number of hydrogen-bond acceptors (Lipinski definition) is 21. The number of ether oxygens (including phenoxy) is 5. The van der Waals surface area contributed by atoms with Crippen LogP contribution in [-0.4, -0.2) is 228 Å². The van der Waals surface area contributed by atoms with E-state index in [2.05, 4.69) is 53.2 Å². The van der Waals surface area contributed by atoms with Gasteiger partial charge in [-0.25, -0.2) is 0 Å². The number of aliphatic hydroxyl groups excluding tert-OH is 3. The third-order valence-electron chi connectivity index (χ3n) is 12.2. The molecule has 0 spiro atoms. The van der Waals surface area contributed by atoms with Gasteiger partial charge in [0, 0.05) is 26.8 Å². The summed E-state index contributed by atoms with van der Waals surface area (Å²) in [5.41, 5.74) is 10.7. The van der Waals surface area contributed by atoms with Crippen molar-refractivity contribution >= 4 is 70.9 Å². The first-order valence-electron chi connectivity index (χ1n) is 24.9. The summed E-state index contributed by atoms with van der Waals surface area (Å²) in [6.07, 6.45) is -13.0. The van der Waals surface area contributed by atoms with Gasteiger partial charge in [0.05, 0.1) is 32.8 Å². The van der Waals surface area contributed by atoms with Crippen molar-refractivity contribution in [3.8, 4) is 0 Å². The summed E-state index contributed by atoms with van der Waals surface area (Å²) in [5, 5.41) is 64.5. The first-order chi connectivity index (χ1) is 36.7. The highest BCUT2D eigenvalue weighted by molar-refractivity contribution is 5.94. The van der Waals surface area contributed by atoms with Gasteiger partial charge in [0.1, 0.15) is 85.0 Å². The number of amides is 11. The minimum absolute atomic E-state index is 0.0590. The normalized spacial score (nSPS) is 25.6. The number of fused-ring (bicyclic) bond motifs is 2. The Balaban J connectivity index is 1.65. The quantitative estimate of drug-likeness (QED) is 0.0287. The summed E-state index contributed by atoms with van der Waals surface area (Å²) in [6, 6.07) is -9.37. The van der Waals surface area contributed by atoms with Gasteiger partial charge in [0.15, 0.2) is 12.6 Å². The van der Waals surface area contributed by atoms with Crippen molar-refractivity contribution < 1.29 is 102 Å². The maximum Gasteiger partial charge on any atom is 0.325 e. The molecule has 18 N–H and O–H groups in total. The third-order valence-corrected chi connectivity index (χ3v) is 12.2. The van der Waals surface area contributed by atoms with Crippen molar-refractivity contribution in [1.29, 1.82) is 0 Å². The molecule has 2 bridgehead atoms. The van der Waals surface area contributed by atoms with Gasteiger partial charge >= 0.3 is 5.97 Å². The first-order valence-corrected chi connectivity index (χ1v) is 24.9. The van der Waals surface area contributed by atoms with Crippen LogP contribution in [0.5, 0.6) is 0 Å². The van der Waals surface area contributed by atoms with Crippen LogP contribution >= 0.6 is 0 Å². The molecular formula is C45H74N12O21. The van der Waals surface area contributed by atoms with Crippen molar-refractivity contribution in [2.75, 3.05) is 39.4 Å². The van der Waals surface area contributed by atoms with Crippen molar-refractivity contribution in [2.24, 2.45) is 11.5 Å². The Morgan fingerprint density at radius 2 is 1.22 bits per heavy atom. The molecule has 0 aromatic carbocycles. The van der Waals surface area contributed by atoms with Crippen molar-refractivity contribution in [2.45, 2.75) is 171 Å². The lowest BCUT2D eigenvalue weighted by atomic mass is 9.95. The van der Waals surface area contributed by atoms with Gasteiger partial charge in [-0.05, 0) is 53.4 Å².